The van der Waals surface area contributed by atoms with Gasteiger partial charge < -0.3 is 14.7 Å². The minimum absolute atomic E-state index is 0.0495. The van der Waals surface area contributed by atoms with Crippen molar-refractivity contribution < 1.29 is 14.1 Å². The predicted octanol–water partition coefficient (Wildman–Crippen LogP) is 2.92. The number of thiophene rings is 1. The van der Waals surface area contributed by atoms with Gasteiger partial charge in [-0.1, -0.05) is 11.2 Å². The van der Waals surface area contributed by atoms with Crippen LogP contribution in [0.1, 0.15) is 36.2 Å². The van der Waals surface area contributed by atoms with Crippen LogP contribution in [0, 0.1) is 6.92 Å². The first-order valence-electron chi connectivity index (χ1n) is 6.86. The fourth-order valence-electron chi connectivity index (χ4n) is 1.90. The molecule has 2 aromatic heterocycles. The SMILES string of the molecule is Cc1cc(NC(=O)CN(C(=O)c2cccs2)C(C)(C)C)no1. The first-order valence-corrected chi connectivity index (χ1v) is 7.74. The minimum Gasteiger partial charge on any atom is -0.360 e. The second-order valence-electron chi connectivity index (χ2n) is 5.91. The van der Waals surface area contributed by atoms with Crippen molar-refractivity contribution in [3.05, 3.63) is 34.2 Å². The Morgan fingerprint density at radius 1 is 1.41 bits per heavy atom. The molecule has 0 aromatic carbocycles. The molecule has 0 bridgehead atoms. The smallest absolute Gasteiger partial charge is 0.264 e. The zero-order chi connectivity index (χ0) is 16.3. The lowest BCUT2D eigenvalue weighted by Crippen LogP contribution is -2.49. The molecule has 6 nitrogen and oxygen atoms in total. The van der Waals surface area contributed by atoms with Crippen molar-refractivity contribution in [1.29, 1.82) is 0 Å². The molecule has 0 saturated carbocycles. The quantitative estimate of drug-likeness (QED) is 0.939. The number of aromatic nitrogens is 1. The molecule has 0 atom stereocenters. The van der Waals surface area contributed by atoms with Gasteiger partial charge in [0.05, 0.1) is 4.88 Å². The number of rotatable bonds is 4. The van der Waals surface area contributed by atoms with Gasteiger partial charge in [0, 0.05) is 11.6 Å². The average molecular weight is 321 g/mol. The van der Waals surface area contributed by atoms with Gasteiger partial charge in [0.2, 0.25) is 5.91 Å². The third-order valence-electron chi connectivity index (χ3n) is 2.98. The Morgan fingerprint density at radius 2 is 2.14 bits per heavy atom. The Morgan fingerprint density at radius 3 is 2.64 bits per heavy atom. The van der Waals surface area contributed by atoms with Crippen LogP contribution in [0.2, 0.25) is 0 Å². The first kappa shape index (κ1) is 16.2. The summed E-state index contributed by atoms with van der Waals surface area (Å²) in [4.78, 5) is 26.9. The lowest BCUT2D eigenvalue weighted by Gasteiger charge is -2.34. The number of carbonyl (C=O) groups excluding carboxylic acids is 2. The van der Waals surface area contributed by atoms with E-state index in [1.165, 1.54) is 11.3 Å². The molecule has 0 aliphatic rings. The number of aryl methyl sites for hydroxylation is 1. The van der Waals surface area contributed by atoms with Crippen LogP contribution in [0.15, 0.2) is 28.1 Å². The van der Waals surface area contributed by atoms with Gasteiger partial charge >= 0.3 is 0 Å². The van der Waals surface area contributed by atoms with Crippen molar-refractivity contribution >= 4 is 29.0 Å². The average Bonchev–Trinajstić information content (AvgIpc) is 3.05. The van der Waals surface area contributed by atoms with Gasteiger partial charge in [-0.25, -0.2) is 0 Å². The normalized spacial score (nSPS) is 11.3. The largest absolute Gasteiger partial charge is 0.360 e. The summed E-state index contributed by atoms with van der Waals surface area (Å²) in [6.45, 7) is 7.38. The van der Waals surface area contributed by atoms with Crippen LogP contribution in [0.25, 0.3) is 0 Å². The summed E-state index contributed by atoms with van der Waals surface area (Å²) in [6.07, 6.45) is 0. The summed E-state index contributed by atoms with van der Waals surface area (Å²) in [7, 11) is 0. The molecule has 0 spiro atoms. The highest BCUT2D eigenvalue weighted by molar-refractivity contribution is 7.12. The molecule has 118 valence electrons. The summed E-state index contributed by atoms with van der Waals surface area (Å²) in [5.74, 6) is 0.486. The molecule has 7 heteroatoms. The molecular weight excluding hydrogens is 302 g/mol. The highest BCUT2D eigenvalue weighted by atomic mass is 32.1. The molecule has 0 aliphatic carbocycles. The van der Waals surface area contributed by atoms with Gasteiger partial charge in [-0.15, -0.1) is 11.3 Å². The molecule has 2 heterocycles. The number of nitrogens with zero attached hydrogens (tertiary/aromatic N) is 2. The molecular formula is C15H19N3O3S. The van der Waals surface area contributed by atoms with Crippen molar-refractivity contribution in [3.63, 3.8) is 0 Å². The highest BCUT2D eigenvalue weighted by Crippen LogP contribution is 2.20. The second-order valence-corrected chi connectivity index (χ2v) is 6.86. The van der Waals surface area contributed by atoms with Crippen molar-refractivity contribution in [2.45, 2.75) is 33.2 Å². The van der Waals surface area contributed by atoms with E-state index in [-0.39, 0.29) is 18.4 Å². The molecule has 22 heavy (non-hydrogen) atoms. The fraction of sp³-hybridized carbons (Fsp3) is 0.400. The Labute approximate surface area is 133 Å². The minimum atomic E-state index is -0.474. The van der Waals surface area contributed by atoms with Crippen molar-refractivity contribution in [2.24, 2.45) is 0 Å². The van der Waals surface area contributed by atoms with Gasteiger partial charge in [0.15, 0.2) is 5.82 Å². The van der Waals surface area contributed by atoms with E-state index in [9.17, 15) is 9.59 Å². The molecule has 2 rings (SSSR count). The molecule has 2 aromatic rings. The zero-order valence-corrected chi connectivity index (χ0v) is 13.9. The van der Waals surface area contributed by atoms with Gasteiger partial charge in [0.25, 0.3) is 5.91 Å². The predicted molar refractivity (Wildman–Crippen MR) is 85.0 cm³/mol. The van der Waals surface area contributed by atoms with E-state index in [0.29, 0.717) is 16.5 Å². The van der Waals surface area contributed by atoms with Gasteiger partial charge in [0.1, 0.15) is 12.3 Å². The van der Waals surface area contributed by atoms with Gasteiger partial charge in [-0.2, -0.15) is 0 Å². The van der Waals surface area contributed by atoms with E-state index in [1.807, 2.05) is 32.2 Å². The fourth-order valence-corrected chi connectivity index (χ4v) is 2.57. The van der Waals surface area contributed by atoms with Crippen LogP contribution in [0.3, 0.4) is 0 Å². The highest BCUT2D eigenvalue weighted by Gasteiger charge is 2.30. The Bertz CT molecular complexity index is 656. The third kappa shape index (κ3) is 3.94. The molecule has 0 radical (unpaired) electrons. The Kier molecular flexibility index (Phi) is 4.65. The Hall–Kier alpha value is -2.15. The van der Waals surface area contributed by atoms with E-state index < -0.39 is 5.54 Å². The molecule has 0 unspecified atom stereocenters. The lowest BCUT2D eigenvalue weighted by atomic mass is 10.1. The number of carbonyl (C=O) groups is 2. The third-order valence-corrected chi connectivity index (χ3v) is 3.84. The van der Waals surface area contributed by atoms with E-state index in [1.54, 1.807) is 24.0 Å². The Balaban J connectivity index is 2.10. The topological polar surface area (TPSA) is 75.4 Å². The van der Waals surface area contributed by atoms with E-state index in [0.717, 1.165) is 0 Å². The number of hydrogen-bond acceptors (Lipinski definition) is 5. The van der Waals surface area contributed by atoms with Crippen LogP contribution in [-0.2, 0) is 4.79 Å². The summed E-state index contributed by atoms with van der Waals surface area (Å²) in [5.41, 5.74) is -0.474. The molecule has 2 amide bonds. The van der Waals surface area contributed by atoms with Crippen LogP contribution in [0.5, 0.6) is 0 Å². The van der Waals surface area contributed by atoms with Crippen molar-refractivity contribution in [3.8, 4) is 0 Å². The summed E-state index contributed by atoms with van der Waals surface area (Å²) >= 11 is 1.36. The number of amides is 2. The maximum atomic E-state index is 12.6. The lowest BCUT2D eigenvalue weighted by molar-refractivity contribution is -0.117. The number of hydrogen-bond donors (Lipinski definition) is 1. The maximum Gasteiger partial charge on any atom is 0.264 e. The molecule has 0 saturated heterocycles. The van der Waals surface area contributed by atoms with Crippen LogP contribution in [0.4, 0.5) is 5.82 Å². The second kappa shape index (κ2) is 6.31. The zero-order valence-electron chi connectivity index (χ0n) is 13.0. The van der Waals surface area contributed by atoms with E-state index >= 15 is 0 Å². The monoisotopic (exact) mass is 321 g/mol. The standard InChI is InChI=1S/C15H19N3O3S/c1-10-8-12(17-21-10)16-13(19)9-18(15(2,3)4)14(20)11-6-5-7-22-11/h5-8H,9H2,1-4H3,(H,16,17,19). The van der Waals surface area contributed by atoms with Crippen LogP contribution < -0.4 is 5.32 Å². The van der Waals surface area contributed by atoms with E-state index in [2.05, 4.69) is 10.5 Å². The van der Waals surface area contributed by atoms with Crippen molar-refractivity contribution in [1.82, 2.24) is 10.1 Å². The van der Waals surface area contributed by atoms with Crippen molar-refractivity contribution in [2.75, 3.05) is 11.9 Å². The maximum absolute atomic E-state index is 12.6. The van der Waals surface area contributed by atoms with Crippen LogP contribution >= 0.6 is 11.3 Å². The van der Waals surface area contributed by atoms with Gasteiger partial charge in [-0.3, -0.25) is 9.59 Å². The summed E-state index contributed by atoms with van der Waals surface area (Å²) in [6, 6.07) is 5.20. The summed E-state index contributed by atoms with van der Waals surface area (Å²) in [5, 5.41) is 8.18. The number of anilines is 1. The van der Waals surface area contributed by atoms with E-state index in [4.69, 9.17) is 4.52 Å². The summed E-state index contributed by atoms with van der Waals surface area (Å²) < 4.78 is 4.90. The number of nitrogens with one attached hydrogen (secondary N) is 1. The first-order chi connectivity index (χ1) is 10.3. The van der Waals surface area contributed by atoms with Crippen LogP contribution in [-0.4, -0.2) is 34.0 Å². The molecule has 0 aliphatic heterocycles. The van der Waals surface area contributed by atoms with Gasteiger partial charge in [-0.05, 0) is 39.1 Å². The molecule has 0 fully saturated rings. The molecule has 1 N–H and O–H groups in total.